The molecule has 0 spiro atoms. The molecule has 5 nitrogen and oxygen atoms in total. The van der Waals surface area contributed by atoms with Crippen LogP contribution in [0.3, 0.4) is 0 Å². The number of esters is 2. The van der Waals surface area contributed by atoms with Gasteiger partial charge in [-0.2, -0.15) is 0 Å². The summed E-state index contributed by atoms with van der Waals surface area (Å²) in [6.07, 6.45) is -1.13. The molecule has 14 heavy (non-hydrogen) atoms. The summed E-state index contributed by atoms with van der Waals surface area (Å²) in [6.45, 7) is 4.28. The molecule has 0 heterocycles. The smallest absolute Gasteiger partial charge is 0.309 e. The molecule has 0 amide bonds. The summed E-state index contributed by atoms with van der Waals surface area (Å²) in [5, 5.41) is 8.77. The molecule has 0 aromatic carbocycles. The second kappa shape index (κ2) is 6.37. The predicted octanol–water partition coefficient (Wildman–Crippen LogP) is 0.252. The molecule has 82 valence electrons. The van der Waals surface area contributed by atoms with Gasteiger partial charge in [-0.15, -0.1) is 0 Å². The fourth-order valence-electron chi connectivity index (χ4n) is 0.875. The Bertz CT molecular complexity index is 199. The zero-order chi connectivity index (χ0) is 11.1. The Balaban J connectivity index is 3.92. The number of carbonyl (C=O) groups is 2. The highest BCUT2D eigenvalue weighted by molar-refractivity contribution is 5.71. The van der Waals surface area contributed by atoms with Crippen LogP contribution in [0.25, 0.3) is 0 Å². The molecule has 0 unspecified atom stereocenters. The van der Waals surface area contributed by atoms with Crippen molar-refractivity contribution in [2.75, 3.05) is 6.61 Å². The van der Waals surface area contributed by atoms with Crippen molar-refractivity contribution >= 4 is 11.9 Å². The number of ether oxygens (including phenoxy) is 2. The Hall–Kier alpha value is -1.10. The molecular formula is C9H16O5. The average molecular weight is 204 g/mol. The molecule has 0 aliphatic carbocycles. The van der Waals surface area contributed by atoms with E-state index in [1.807, 2.05) is 0 Å². The van der Waals surface area contributed by atoms with E-state index in [1.165, 1.54) is 6.92 Å². The van der Waals surface area contributed by atoms with Crippen molar-refractivity contribution in [1.82, 2.24) is 0 Å². The molecule has 0 aromatic rings. The zero-order valence-corrected chi connectivity index (χ0v) is 8.65. The van der Waals surface area contributed by atoms with Gasteiger partial charge in [0, 0.05) is 6.92 Å². The Labute approximate surface area is 83.0 Å². The maximum absolute atomic E-state index is 11.1. The quantitative estimate of drug-likeness (QED) is 0.650. The van der Waals surface area contributed by atoms with E-state index in [1.54, 1.807) is 13.8 Å². The summed E-state index contributed by atoms with van der Waals surface area (Å²) in [5.74, 6) is -1.01. The Kier molecular flexibility index (Phi) is 5.87. The number of hydrogen-bond acceptors (Lipinski definition) is 5. The number of aliphatic hydroxyl groups is 1. The molecule has 0 saturated heterocycles. The van der Waals surface area contributed by atoms with Crippen LogP contribution in [0, 0.1) is 0 Å². The van der Waals surface area contributed by atoms with E-state index in [0.29, 0.717) is 0 Å². The molecule has 1 atom stereocenters. The van der Waals surface area contributed by atoms with Crippen LogP contribution in [0.1, 0.15) is 27.2 Å². The third-order valence-corrected chi connectivity index (χ3v) is 1.30. The van der Waals surface area contributed by atoms with Gasteiger partial charge in [-0.05, 0) is 13.8 Å². The summed E-state index contributed by atoms with van der Waals surface area (Å²) in [7, 11) is 0. The third kappa shape index (κ3) is 6.42. The van der Waals surface area contributed by atoms with E-state index in [-0.39, 0.29) is 19.1 Å². The monoisotopic (exact) mass is 204 g/mol. The first kappa shape index (κ1) is 12.9. The standard InChI is InChI=1S/C9H16O5/c1-6(2)13-9(12)4-8(5-10)14-7(3)11/h6,8,10H,4-5H2,1-3H3/t8-/m0/s1. The van der Waals surface area contributed by atoms with Crippen molar-refractivity contribution in [2.24, 2.45) is 0 Å². The van der Waals surface area contributed by atoms with Crippen LogP contribution in [0.4, 0.5) is 0 Å². The van der Waals surface area contributed by atoms with Gasteiger partial charge in [0.15, 0.2) is 0 Å². The van der Waals surface area contributed by atoms with Crippen LogP contribution in [-0.4, -0.2) is 35.9 Å². The Morgan fingerprint density at radius 2 is 1.86 bits per heavy atom. The van der Waals surface area contributed by atoms with Gasteiger partial charge in [-0.1, -0.05) is 0 Å². The lowest BCUT2D eigenvalue weighted by molar-refractivity contribution is -0.157. The highest BCUT2D eigenvalue weighted by Crippen LogP contribution is 2.02. The Morgan fingerprint density at radius 1 is 1.29 bits per heavy atom. The van der Waals surface area contributed by atoms with Gasteiger partial charge in [-0.25, -0.2) is 0 Å². The molecule has 0 saturated carbocycles. The molecule has 0 aliphatic rings. The lowest BCUT2D eigenvalue weighted by Gasteiger charge is -2.14. The van der Waals surface area contributed by atoms with E-state index < -0.39 is 18.0 Å². The van der Waals surface area contributed by atoms with Gasteiger partial charge in [0.2, 0.25) is 0 Å². The molecule has 5 heteroatoms. The van der Waals surface area contributed by atoms with Gasteiger partial charge < -0.3 is 14.6 Å². The van der Waals surface area contributed by atoms with Crippen LogP contribution in [0.2, 0.25) is 0 Å². The molecule has 0 aromatic heterocycles. The molecular weight excluding hydrogens is 188 g/mol. The molecule has 0 bridgehead atoms. The number of carbonyl (C=O) groups excluding carboxylic acids is 2. The van der Waals surface area contributed by atoms with E-state index in [4.69, 9.17) is 9.84 Å². The molecule has 0 aliphatic heterocycles. The van der Waals surface area contributed by atoms with Crippen LogP contribution < -0.4 is 0 Å². The van der Waals surface area contributed by atoms with Gasteiger partial charge in [0.05, 0.1) is 19.1 Å². The largest absolute Gasteiger partial charge is 0.463 e. The van der Waals surface area contributed by atoms with Crippen molar-refractivity contribution in [3.05, 3.63) is 0 Å². The average Bonchev–Trinajstić information content (AvgIpc) is 2.00. The van der Waals surface area contributed by atoms with Crippen molar-refractivity contribution in [1.29, 1.82) is 0 Å². The first-order valence-electron chi connectivity index (χ1n) is 4.43. The van der Waals surface area contributed by atoms with E-state index in [9.17, 15) is 9.59 Å². The first-order chi connectivity index (χ1) is 6.45. The minimum Gasteiger partial charge on any atom is -0.463 e. The van der Waals surface area contributed by atoms with Gasteiger partial charge in [0.25, 0.3) is 0 Å². The topological polar surface area (TPSA) is 72.8 Å². The number of hydrogen-bond donors (Lipinski definition) is 1. The summed E-state index contributed by atoms with van der Waals surface area (Å²) < 4.78 is 9.48. The van der Waals surface area contributed by atoms with Crippen LogP contribution in [0.5, 0.6) is 0 Å². The second-order valence-corrected chi connectivity index (χ2v) is 3.16. The summed E-state index contributed by atoms with van der Waals surface area (Å²) in [4.78, 5) is 21.6. The van der Waals surface area contributed by atoms with E-state index in [2.05, 4.69) is 4.74 Å². The summed E-state index contributed by atoms with van der Waals surface area (Å²) >= 11 is 0. The normalized spacial score (nSPS) is 12.4. The Morgan fingerprint density at radius 3 is 2.21 bits per heavy atom. The first-order valence-corrected chi connectivity index (χ1v) is 4.43. The second-order valence-electron chi connectivity index (χ2n) is 3.16. The molecule has 1 N–H and O–H groups in total. The van der Waals surface area contributed by atoms with Crippen molar-refractivity contribution in [3.63, 3.8) is 0 Å². The van der Waals surface area contributed by atoms with Crippen LogP contribution in [0.15, 0.2) is 0 Å². The highest BCUT2D eigenvalue weighted by Gasteiger charge is 2.17. The third-order valence-electron chi connectivity index (χ3n) is 1.30. The fraction of sp³-hybridized carbons (Fsp3) is 0.778. The molecule has 0 fully saturated rings. The SMILES string of the molecule is CC(=O)O[C@H](CO)CC(=O)OC(C)C. The zero-order valence-electron chi connectivity index (χ0n) is 8.65. The number of rotatable bonds is 5. The molecule has 0 radical (unpaired) electrons. The summed E-state index contributed by atoms with van der Waals surface area (Å²) in [5.41, 5.74) is 0. The van der Waals surface area contributed by atoms with E-state index in [0.717, 1.165) is 0 Å². The van der Waals surface area contributed by atoms with Crippen molar-refractivity contribution < 1.29 is 24.2 Å². The lowest BCUT2D eigenvalue weighted by atomic mass is 10.2. The van der Waals surface area contributed by atoms with Crippen LogP contribution in [-0.2, 0) is 19.1 Å². The summed E-state index contributed by atoms with van der Waals surface area (Å²) in [6, 6.07) is 0. The maximum Gasteiger partial charge on any atom is 0.309 e. The van der Waals surface area contributed by atoms with E-state index >= 15 is 0 Å². The minimum atomic E-state index is -0.807. The highest BCUT2D eigenvalue weighted by atomic mass is 16.6. The lowest BCUT2D eigenvalue weighted by Crippen LogP contribution is -2.26. The number of aliphatic hydroxyl groups excluding tert-OH is 1. The predicted molar refractivity (Wildman–Crippen MR) is 48.5 cm³/mol. The van der Waals surface area contributed by atoms with Gasteiger partial charge in [0.1, 0.15) is 6.10 Å². The minimum absolute atomic E-state index is 0.117. The van der Waals surface area contributed by atoms with Gasteiger partial charge in [-0.3, -0.25) is 9.59 Å². The molecule has 0 rings (SSSR count). The van der Waals surface area contributed by atoms with Crippen molar-refractivity contribution in [2.45, 2.75) is 39.4 Å². The van der Waals surface area contributed by atoms with Crippen molar-refractivity contribution in [3.8, 4) is 0 Å². The van der Waals surface area contributed by atoms with Crippen LogP contribution >= 0.6 is 0 Å². The fourth-order valence-corrected chi connectivity index (χ4v) is 0.875. The van der Waals surface area contributed by atoms with Gasteiger partial charge >= 0.3 is 11.9 Å². The maximum atomic E-state index is 11.1.